The van der Waals surface area contributed by atoms with Crippen LogP contribution in [-0.2, 0) is 0 Å². The SMILES string of the molecule is OCCSC(CCO)C(O)(CCO)CCO. The zero-order valence-electron chi connectivity index (χ0n) is 9.38. The molecule has 0 spiro atoms. The smallest absolute Gasteiger partial charge is 0.0810 e. The van der Waals surface area contributed by atoms with E-state index < -0.39 is 5.60 Å². The molecule has 0 radical (unpaired) electrons. The molecule has 0 heterocycles. The lowest BCUT2D eigenvalue weighted by Gasteiger charge is -2.35. The van der Waals surface area contributed by atoms with Gasteiger partial charge < -0.3 is 25.5 Å². The quantitative estimate of drug-likeness (QED) is 0.341. The lowest BCUT2D eigenvalue weighted by atomic mass is 9.90. The summed E-state index contributed by atoms with van der Waals surface area (Å²) in [7, 11) is 0. The fourth-order valence-electron chi connectivity index (χ4n) is 1.65. The van der Waals surface area contributed by atoms with Crippen LogP contribution in [-0.4, -0.2) is 68.6 Å². The topological polar surface area (TPSA) is 101 Å². The van der Waals surface area contributed by atoms with Crippen LogP contribution in [0.25, 0.3) is 0 Å². The molecule has 0 bridgehead atoms. The van der Waals surface area contributed by atoms with Crippen LogP contribution in [0.2, 0.25) is 0 Å². The van der Waals surface area contributed by atoms with Crippen LogP contribution in [0.5, 0.6) is 0 Å². The Hall–Kier alpha value is 0.150. The molecule has 0 aliphatic carbocycles. The molecule has 0 aromatic rings. The van der Waals surface area contributed by atoms with Crippen molar-refractivity contribution in [3.8, 4) is 0 Å². The monoisotopic (exact) mass is 254 g/mol. The molecule has 0 aromatic carbocycles. The molecular weight excluding hydrogens is 232 g/mol. The second kappa shape index (κ2) is 9.21. The lowest BCUT2D eigenvalue weighted by Crippen LogP contribution is -2.43. The van der Waals surface area contributed by atoms with Gasteiger partial charge >= 0.3 is 0 Å². The maximum Gasteiger partial charge on any atom is 0.0810 e. The highest BCUT2D eigenvalue weighted by molar-refractivity contribution is 8.00. The third kappa shape index (κ3) is 5.47. The molecule has 0 amide bonds. The van der Waals surface area contributed by atoms with Crippen molar-refractivity contribution in [1.29, 1.82) is 0 Å². The summed E-state index contributed by atoms with van der Waals surface area (Å²) >= 11 is 1.35. The van der Waals surface area contributed by atoms with E-state index in [1.165, 1.54) is 11.8 Å². The minimum Gasteiger partial charge on any atom is -0.396 e. The maximum atomic E-state index is 10.3. The number of hydrogen-bond donors (Lipinski definition) is 5. The highest BCUT2D eigenvalue weighted by Crippen LogP contribution is 2.31. The van der Waals surface area contributed by atoms with E-state index in [0.29, 0.717) is 12.2 Å². The van der Waals surface area contributed by atoms with Crippen molar-refractivity contribution in [2.45, 2.75) is 30.1 Å². The van der Waals surface area contributed by atoms with Crippen molar-refractivity contribution in [2.75, 3.05) is 32.2 Å². The van der Waals surface area contributed by atoms with Crippen molar-refractivity contribution >= 4 is 11.8 Å². The fourth-order valence-corrected chi connectivity index (χ4v) is 2.86. The standard InChI is InChI=1S/C10H22O5S/c11-4-1-9(16-8-7-14)10(15,2-5-12)3-6-13/h9,11-15H,1-8H2. The molecule has 0 aliphatic rings. The second-order valence-corrected chi connectivity index (χ2v) is 4.96. The van der Waals surface area contributed by atoms with E-state index in [2.05, 4.69) is 0 Å². The molecule has 0 aliphatic heterocycles. The lowest BCUT2D eigenvalue weighted by molar-refractivity contribution is -0.0110. The Labute approximate surface area is 100 Å². The van der Waals surface area contributed by atoms with E-state index in [-0.39, 0.29) is 44.5 Å². The Morgan fingerprint density at radius 2 is 1.44 bits per heavy atom. The molecule has 5 N–H and O–H groups in total. The second-order valence-electron chi connectivity index (χ2n) is 3.65. The molecule has 98 valence electrons. The third-order valence-electron chi connectivity index (χ3n) is 2.49. The number of thioether (sulfide) groups is 1. The maximum absolute atomic E-state index is 10.3. The van der Waals surface area contributed by atoms with E-state index in [1.807, 2.05) is 0 Å². The number of rotatable bonds is 10. The minimum atomic E-state index is -1.19. The summed E-state index contributed by atoms with van der Waals surface area (Å²) in [6.07, 6.45) is 0.703. The molecule has 0 saturated heterocycles. The van der Waals surface area contributed by atoms with Crippen molar-refractivity contribution in [1.82, 2.24) is 0 Å². The van der Waals surface area contributed by atoms with Crippen LogP contribution in [0.4, 0.5) is 0 Å². The van der Waals surface area contributed by atoms with Crippen LogP contribution < -0.4 is 0 Å². The highest BCUT2D eigenvalue weighted by atomic mass is 32.2. The van der Waals surface area contributed by atoms with Gasteiger partial charge in [0, 0.05) is 43.7 Å². The van der Waals surface area contributed by atoms with Gasteiger partial charge in [0.1, 0.15) is 0 Å². The van der Waals surface area contributed by atoms with Gasteiger partial charge in [-0.25, -0.2) is 0 Å². The summed E-state index contributed by atoms with van der Waals surface area (Å²) in [5, 5.41) is 45.5. The van der Waals surface area contributed by atoms with Gasteiger partial charge in [-0.05, 0) is 6.42 Å². The zero-order valence-corrected chi connectivity index (χ0v) is 10.2. The van der Waals surface area contributed by atoms with E-state index in [9.17, 15) is 5.11 Å². The largest absolute Gasteiger partial charge is 0.396 e. The Bertz CT molecular complexity index is 161. The Morgan fingerprint density at radius 1 is 0.875 bits per heavy atom. The van der Waals surface area contributed by atoms with Crippen LogP contribution in [0.3, 0.4) is 0 Å². The first-order valence-corrected chi connectivity index (χ1v) is 6.47. The molecule has 6 heteroatoms. The van der Waals surface area contributed by atoms with Crippen LogP contribution >= 0.6 is 11.8 Å². The predicted octanol–water partition coefficient (Wildman–Crippen LogP) is -1.04. The van der Waals surface area contributed by atoms with Gasteiger partial charge in [-0.3, -0.25) is 0 Å². The first-order valence-electron chi connectivity index (χ1n) is 5.42. The Kier molecular flexibility index (Phi) is 9.29. The minimum absolute atomic E-state index is 0.000918. The summed E-state index contributed by atoms with van der Waals surface area (Å²) in [6, 6.07) is 0. The summed E-state index contributed by atoms with van der Waals surface area (Å²) in [5.41, 5.74) is -1.19. The van der Waals surface area contributed by atoms with Crippen molar-refractivity contribution in [3.63, 3.8) is 0 Å². The number of aliphatic hydroxyl groups is 5. The van der Waals surface area contributed by atoms with E-state index in [0.717, 1.165) is 0 Å². The van der Waals surface area contributed by atoms with E-state index in [4.69, 9.17) is 20.4 Å². The Morgan fingerprint density at radius 3 is 1.81 bits per heavy atom. The predicted molar refractivity (Wildman–Crippen MR) is 63.4 cm³/mol. The summed E-state index contributed by atoms with van der Waals surface area (Å²) in [6.45, 7) is -0.403. The average Bonchev–Trinajstić information content (AvgIpc) is 2.24. The molecule has 0 rings (SSSR count). The van der Waals surface area contributed by atoms with Crippen molar-refractivity contribution in [3.05, 3.63) is 0 Å². The number of hydrogen-bond acceptors (Lipinski definition) is 6. The van der Waals surface area contributed by atoms with Gasteiger partial charge in [0.25, 0.3) is 0 Å². The van der Waals surface area contributed by atoms with Gasteiger partial charge in [-0.2, -0.15) is 11.8 Å². The summed E-state index contributed by atoms with van der Waals surface area (Å²) < 4.78 is 0. The highest BCUT2D eigenvalue weighted by Gasteiger charge is 2.35. The molecule has 1 unspecified atom stereocenters. The van der Waals surface area contributed by atoms with Gasteiger partial charge in [0.05, 0.1) is 12.2 Å². The zero-order chi connectivity index (χ0) is 12.4. The van der Waals surface area contributed by atoms with Crippen LogP contribution in [0, 0.1) is 0 Å². The molecular formula is C10H22O5S. The number of aliphatic hydroxyl groups excluding tert-OH is 4. The van der Waals surface area contributed by atoms with E-state index in [1.54, 1.807) is 0 Å². The molecule has 16 heavy (non-hydrogen) atoms. The Balaban J connectivity index is 4.49. The molecule has 0 fully saturated rings. The van der Waals surface area contributed by atoms with Gasteiger partial charge in [0.15, 0.2) is 0 Å². The van der Waals surface area contributed by atoms with Gasteiger partial charge in [0.2, 0.25) is 0 Å². The van der Waals surface area contributed by atoms with E-state index >= 15 is 0 Å². The third-order valence-corrected chi connectivity index (χ3v) is 3.99. The molecule has 1 atom stereocenters. The van der Waals surface area contributed by atoms with Gasteiger partial charge in [-0.1, -0.05) is 0 Å². The van der Waals surface area contributed by atoms with Crippen molar-refractivity contribution in [2.24, 2.45) is 0 Å². The van der Waals surface area contributed by atoms with Crippen LogP contribution in [0.15, 0.2) is 0 Å². The summed E-state index contributed by atoms with van der Waals surface area (Å²) in [5.74, 6) is 0.462. The van der Waals surface area contributed by atoms with Crippen molar-refractivity contribution < 1.29 is 25.5 Å². The molecule has 0 saturated carbocycles. The fraction of sp³-hybridized carbons (Fsp3) is 1.00. The normalized spacial score (nSPS) is 14.1. The first-order chi connectivity index (χ1) is 7.64. The summed E-state index contributed by atoms with van der Waals surface area (Å²) in [4.78, 5) is 0. The molecule has 5 nitrogen and oxygen atoms in total. The molecule has 0 aromatic heterocycles. The van der Waals surface area contributed by atoms with Crippen LogP contribution in [0.1, 0.15) is 19.3 Å². The first kappa shape index (κ1) is 16.1. The average molecular weight is 254 g/mol. The van der Waals surface area contributed by atoms with Gasteiger partial charge in [-0.15, -0.1) is 0 Å².